The predicted molar refractivity (Wildman–Crippen MR) is 93.3 cm³/mol. The number of nitrogens with zero attached hydrogens (tertiary/aromatic N) is 2. The molecule has 2 aromatic heterocycles. The number of carbonyl (C=O) groups is 1. The summed E-state index contributed by atoms with van der Waals surface area (Å²) in [6, 6.07) is 6.78. The van der Waals surface area contributed by atoms with Gasteiger partial charge in [0, 0.05) is 11.8 Å². The smallest absolute Gasteiger partial charge is 0.263 e. The van der Waals surface area contributed by atoms with Crippen molar-refractivity contribution in [1.29, 1.82) is 0 Å². The van der Waals surface area contributed by atoms with Gasteiger partial charge in [-0.25, -0.2) is 4.98 Å². The summed E-state index contributed by atoms with van der Waals surface area (Å²) in [5.74, 6) is 0.706. The third-order valence-electron chi connectivity index (χ3n) is 3.74. The number of aromatic nitrogens is 3. The molecule has 2 N–H and O–H groups in total. The van der Waals surface area contributed by atoms with E-state index in [9.17, 15) is 9.59 Å². The summed E-state index contributed by atoms with van der Waals surface area (Å²) in [5.41, 5.74) is 1.53. The zero-order chi connectivity index (χ0) is 18.0. The molecule has 0 unspecified atom stereocenters. The Balaban J connectivity index is 1.84. The van der Waals surface area contributed by atoms with E-state index in [1.807, 2.05) is 6.92 Å². The van der Waals surface area contributed by atoms with Crippen LogP contribution in [0.5, 0.6) is 11.5 Å². The van der Waals surface area contributed by atoms with Crippen molar-refractivity contribution in [3.8, 4) is 11.5 Å². The Hall–Kier alpha value is -3.29. The lowest BCUT2D eigenvalue weighted by Crippen LogP contribution is -2.27. The fraction of sp³-hybridized carbons (Fsp3) is 0.235. The van der Waals surface area contributed by atoms with Crippen LogP contribution in [-0.2, 0) is 11.3 Å². The number of amides is 1. The topological polar surface area (TPSA) is 98.2 Å². The Morgan fingerprint density at radius 3 is 2.80 bits per heavy atom. The number of ether oxygens (including phenoxy) is 2. The molecule has 0 aliphatic heterocycles. The highest BCUT2D eigenvalue weighted by molar-refractivity contribution is 5.92. The molecule has 1 aromatic carbocycles. The lowest BCUT2D eigenvalue weighted by molar-refractivity contribution is -0.116. The third-order valence-corrected chi connectivity index (χ3v) is 3.74. The highest BCUT2D eigenvalue weighted by atomic mass is 16.5. The first-order valence-corrected chi connectivity index (χ1v) is 7.58. The minimum atomic E-state index is -0.373. The second-order valence-corrected chi connectivity index (χ2v) is 5.51. The van der Waals surface area contributed by atoms with Gasteiger partial charge in [0.25, 0.3) is 5.56 Å². The second-order valence-electron chi connectivity index (χ2n) is 5.51. The quantitative estimate of drug-likeness (QED) is 0.735. The minimum Gasteiger partial charge on any atom is -0.497 e. The van der Waals surface area contributed by atoms with Gasteiger partial charge in [-0.1, -0.05) is 0 Å². The van der Waals surface area contributed by atoms with E-state index >= 15 is 0 Å². The number of aromatic amines is 1. The van der Waals surface area contributed by atoms with Crippen LogP contribution in [0.4, 0.5) is 5.69 Å². The van der Waals surface area contributed by atoms with Crippen molar-refractivity contribution in [2.45, 2.75) is 13.5 Å². The van der Waals surface area contributed by atoms with Crippen LogP contribution in [0, 0.1) is 6.92 Å². The van der Waals surface area contributed by atoms with Crippen molar-refractivity contribution in [1.82, 2.24) is 14.5 Å². The van der Waals surface area contributed by atoms with Crippen molar-refractivity contribution in [3.05, 3.63) is 46.6 Å². The molecule has 3 aromatic rings. The van der Waals surface area contributed by atoms with Crippen LogP contribution < -0.4 is 20.3 Å². The highest BCUT2D eigenvalue weighted by Gasteiger charge is 2.12. The average Bonchev–Trinajstić information content (AvgIpc) is 2.98. The van der Waals surface area contributed by atoms with Crippen LogP contribution in [-0.4, -0.2) is 34.7 Å². The van der Waals surface area contributed by atoms with E-state index in [0.717, 1.165) is 5.69 Å². The zero-order valence-corrected chi connectivity index (χ0v) is 14.1. The molecule has 0 saturated heterocycles. The highest BCUT2D eigenvalue weighted by Crippen LogP contribution is 2.28. The van der Waals surface area contributed by atoms with Gasteiger partial charge in [-0.3, -0.25) is 14.2 Å². The van der Waals surface area contributed by atoms with Crippen LogP contribution in [0.1, 0.15) is 5.69 Å². The molecule has 8 nitrogen and oxygen atoms in total. The number of aryl methyl sites for hydroxylation is 1. The molecule has 8 heteroatoms. The zero-order valence-electron chi connectivity index (χ0n) is 14.1. The van der Waals surface area contributed by atoms with Crippen LogP contribution in [0.15, 0.2) is 35.4 Å². The van der Waals surface area contributed by atoms with Crippen molar-refractivity contribution in [3.63, 3.8) is 0 Å². The maximum Gasteiger partial charge on any atom is 0.263 e. The third kappa shape index (κ3) is 3.32. The molecule has 0 saturated carbocycles. The Morgan fingerprint density at radius 2 is 2.08 bits per heavy atom. The normalized spacial score (nSPS) is 10.7. The minimum absolute atomic E-state index is 0.160. The first kappa shape index (κ1) is 16.6. The van der Waals surface area contributed by atoms with Crippen LogP contribution in [0.2, 0.25) is 0 Å². The first-order chi connectivity index (χ1) is 12.0. The average molecular weight is 342 g/mol. The van der Waals surface area contributed by atoms with Crippen molar-refractivity contribution < 1.29 is 14.3 Å². The number of nitrogens with one attached hydrogen (secondary N) is 2. The lowest BCUT2D eigenvalue weighted by atomic mass is 10.2. The summed E-state index contributed by atoms with van der Waals surface area (Å²) in [6.07, 6.45) is 1.35. The van der Waals surface area contributed by atoms with Crippen molar-refractivity contribution in [2.75, 3.05) is 19.5 Å². The molecule has 130 valence electrons. The summed E-state index contributed by atoms with van der Waals surface area (Å²) < 4.78 is 11.6. The monoisotopic (exact) mass is 342 g/mol. The standard InChI is InChI=1S/C17H18N4O4/c1-10-6-12-16(19-10)18-9-21(17(12)23)8-15(22)20-13-7-11(24-2)4-5-14(13)25-3/h4-7,9,19H,8H2,1-3H3,(H,20,22). The van der Waals surface area contributed by atoms with Gasteiger partial charge < -0.3 is 19.8 Å². The molecular formula is C17H18N4O4. The summed E-state index contributed by atoms with van der Waals surface area (Å²) in [6.45, 7) is 1.68. The molecule has 0 spiro atoms. The van der Waals surface area contributed by atoms with Gasteiger partial charge in [-0.2, -0.15) is 0 Å². The number of fused-ring (bicyclic) bond motifs is 1. The molecular weight excluding hydrogens is 324 g/mol. The molecule has 0 radical (unpaired) electrons. The molecule has 0 atom stereocenters. The van der Waals surface area contributed by atoms with E-state index in [1.165, 1.54) is 25.1 Å². The van der Waals surface area contributed by atoms with Gasteiger partial charge >= 0.3 is 0 Å². The van der Waals surface area contributed by atoms with Crippen molar-refractivity contribution >= 4 is 22.6 Å². The summed E-state index contributed by atoms with van der Waals surface area (Å²) >= 11 is 0. The fourth-order valence-corrected chi connectivity index (χ4v) is 2.54. The molecule has 0 aliphatic carbocycles. The summed E-state index contributed by atoms with van der Waals surface area (Å²) in [4.78, 5) is 31.9. The van der Waals surface area contributed by atoms with E-state index in [2.05, 4.69) is 15.3 Å². The maximum atomic E-state index is 12.4. The van der Waals surface area contributed by atoms with E-state index in [0.29, 0.717) is 28.2 Å². The summed E-state index contributed by atoms with van der Waals surface area (Å²) in [7, 11) is 3.04. The number of H-pyrrole nitrogens is 1. The van der Waals surface area contributed by atoms with Crippen LogP contribution >= 0.6 is 0 Å². The van der Waals surface area contributed by atoms with E-state index < -0.39 is 0 Å². The van der Waals surface area contributed by atoms with Gasteiger partial charge in [-0.05, 0) is 25.1 Å². The van der Waals surface area contributed by atoms with Gasteiger partial charge in [0.1, 0.15) is 30.0 Å². The molecule has 1 amide bonds. The largest absolute Gasteiger partial charge is 0.497 e. The first-order valence-electron chi connectivity index (χ1n) is 7.58. The Morgan fingerprint density at radius 1 is 1.28 bits per heavy atom. The van der Waals surface area contributed by atoms with Crippen LogP contribution in [0.25, 0.3) is 11.0 Å². The Kier molecular flexibility index (Phi) is 4.42. The number of benzene rings is 1. The van der Waals surface area contributed by atoms with E-state index in [4.69, 9.17) is 9.47 Å². The Bertz CT molecular complexity index is 990. The van der Waals surface area contributed by atoms with Crippen molar-refractivity contribution in [2.24, 2.45) is 0 Å². The number of anilines is 1. The predicted octanol–water partition coefficient (Wildman–Crippen LogP) is 1.69. The molecule has 0 bridgehead atoms. The van der Waals surface area contributed by atoms with E-state index in [1.54, 1.807) is 24.3 Å². The van der Waals surface area contributed by atoms with Gasteiger partial charge in [-0.15, -0.1) is 0 Å². The molecule has 2 heterocycles. The maximum absolute atomic E-state index is 12.4. The lowest BCUT2D eigenvalue weighted by Gasteiger charge is -2.12. The molecule has 3 rings (SSSR count). The van der Waals surface area contributed by atoms with Crippen LogP contribution in [0.3, 0.4) is 0 Å². The second kappa shape index (κ2) is 6.68. The number of hydrogen-bond donors (Lipinski definition) is 2. The number of rotatable bonds is 5. The molecule has 0 fully saturated rings. The number of methoxy groups -OCH3 is 2. The number of carbonyl (C=O) groups excluding carboxylic acids is 1. The van der Waals surface area contributed by atoms with Gasteiger partial charge in [0.2, 0.25) is 5.91 Å². The molecule has 25 heavy (non-hydrogen) atoms. The molecule has 0 aliphatic rings. The summed E-state index contributed by atoms with van der Waals surface area (Å²) in [5, 5.41) is 3.18. The van der Waals surface area contributed by atoms with E-state index in [-0.39, 0.29) is 18.0 Å². The Labute approximate surface area is 143 Å². The number of hydrogen-bond acceptors (Lipinski definition) is 5. The SMILES string of the molecule is COc1ccc(OC)c(NC(=O)Cn2cnc3[nH]c(C)cc3c2=O)c1. The van der Waals surface area contributed by atoms with Gasteiger partial charge in [0.05, 0.1) is 25.3 Å². The fourth-order valence-electron chi connectivity index (χ4n) is 2.54. The van der Waals surface area contributed by atoms with Gasteiger partial charge in [0.15, 0.2) is 0 Å².